The number of carbonyl (C=O) groups excluding carboxylic acids is 3. The highest BCUT2D eigenvalue weighted by Gasteiger charge is 2.19. The number of pyridine rings is 3. The van der Waals surface area contributed by atoms with E-state index in [-0.39, 0.29) is 23.9 Å². The zero-order valence-electron chi connectivity index (χ0n) is 26.2. The number of amides is 3. The molecule has 5 aromatic rings. The lowest BCUT2D eigenvalue weighted by atomic mass is 10.1. The molecule has 0 saturated carbocycles. The van der Waals surface area contributed by atoms with Crippen molar-refractivity contribution in [3.63, 3.8) is 0 Å². The Balaban J connectivity index is 1.15. The molecule has 11 nitrogen and oxygen atoms in total. The van der Waals surface area contributed by atoms with Crippen molar-refractivity contribution >= 4 is 69.3 Å². The SMILES string of the molecule is COc1ccc(NC(=O)c2ccc(C=CC(=O)NCC(=O)N(C)c3ccc(Cl)c(COc4cccc5ccc(C)nc45)c3Cl)cn2)cn1. The number of carbonyl (C=O) groups is 3. The van der Waals surface area contributed by atoms with Crippen LogP contribution in [0.25, 0.3) is 17.0 Å². The molecule has 0 atom stereocenters. The fraction of sp³-hybridized carbons (Fsp3) is 0.143. The summed E-state index contributed by atoms with van der Waals surface area (Å²) in [5.41, 5.74) is 3.72. The number of likely N-dealkylation sites (N-methyl/N-ethyl adjacent to an activating group) is 1. The summed E-state index contributed by atoms with van der Waals surface area (Å²) in [5, 5.41) is 6.82. The van der Waals surface area contributed by atoms with Crippen LogP contribution < -0.4 is 25.0 Å². The average molecular weight is 686 g/mol. The highest BCUT2D eigenvalue weighted by Crippen LogP contribution is 2.35. The van der Waals surface area contributed by atoms with Gasteiger partial charge in [-0.25, -0.2) is 9.97 Å². The van der Waals surface area contributed by atoms with Crippen LogP contribution in [-0.4, -0.2) is 53.4 Å². The summed E-state index contributed by atoms with van der Waals surface area (Å²) in [5.74, 6) is -0.328. The van der Waals surface area contributed by atoms with Gasteiger partial charge in [0, 0.05) is 47.1 Å². The van der Waals surface area contributed by atoms with Crippen LogP contribution in [0, 0.1) is 6.92 Å². The second kappa shape index (κ2) is 15.4. The molecule has 13 heteroatoms. The molecule has 48 heavy (non-hydrogen) atoms. The minimum Gasteiger partial charge on any atom is -0.487 e. The van der Waals surface area contributed by atoms with Crippen molar-refractivity contribution in [2.45, 2.75) is 13.5 Å². The van der Waals surface area contributed by atoms with E-state index in [1.807, 2.05) is 37.3 Å². The number of fused-ring (bicyclic) bond motifs is 1. The highest BCUT2D eigenvalue weighted by atomic mass is 35.5. The maximum Gasteiger partial charge on any atom is 0.274 e. The maximum atomic E-state index is 13.0. The zero-order valence-corrected chi connectivity index (χ0v) is 27.7. The number of benzene rings is 2. The molecule has 0 aliphatic heterocycles. The number of halogens is 2. The molecular formula is C35H30Cl2N6O5. The zero-order chi connectivity index (χ0) is 34.2. The summed E-state index contributed by atoms with van der Waals surface area (Å²) in [7, 11) is 3.05. The van der Waals surface area contributed by atoms with Crippen molar-refractivity contribution in [3.8, 4) is 11.6 Å². The van der Waals surface area contributed by atoms with E-state index in [1.54, 1.807) is 37.4 Å². The molecule has 0 spiro atoms. The predicted octanol–water partition coefficient (Wildman–Crippen LogP) is 6.27. The Bertz CT molecular complexity index is 2000. The summed E-state index contributed by atoms with van der Waals surface area (Å²) in [6, 6.07) is 19.3. The number of ether oxygens (including phenoxy) is 2. The topological polar surface area (TPSA) is 136 Å². The van der Waals surface area contributed by atoms with E-state index in [1.165, 1.54) is 42.6 Å². The van der Waals surface area contributed by atoms with Gasteiger partial charge in [0.05, 0.1) is 36.2 Å². The van der Waals surface area contributed by atoms with Gasteiger partial charge in [-0.3, -0.25) is 19.4 Å². The van der Waals surface area contributed by atoms with Crippen LogP contribution in [-0.2, 0) is 16.2 Å². The Labute approximate surface area is 286 Å². The number of nitrogens with zero attached hydrogens (tertiary/aromatic N) is 4. The maximum absolute atomic E-state index is 13.0. The van der Waals surface area contributed by atoms with Crippen molar-refractivity contribution in [3.05, 3.63) is 118 Å². The van der Waals surface area contributed by atoms with Crippen LogP contribution in [0.5, 0.6) is 11.6 Å². The molecule has 0 fully saturated rings. The van der Waals surface area contributed by atoms with Crippen LogP contribution in [0.3, 0.4) is 0 Å². The molecule has 0 saturated heterocycles. The molecule has 5 rings (SSSR count). The number of hydrogen-bond acceptors (Lipinski definition) is 8. The first-order valence-corrected chi connectivity index (χ1v) is 15.3. The van der Waals surface area contributed by atoms with E-state index in [0.717, 1.165) is 16.6 Å². The molecule has 244 valence electrons. The van der Waals surface area contributed by atoms with E-state index in [4.69, 9.17) is 32.7 Å². The van der Waals surface area contributed by atoms with E-state index >= 15 is 0 Å². The van der Waals surface area contributed by atoms with Crippen LogP contribution in [0.4, 0.5) is 11.4 Å². The van der Waals surface area contributed by atoms with Gasteiger partial charge < -0.3 is 25.0 Å². The van der Waals surface area contributed by atoms with Gasteiger partial charge in [-0.15, -0.1) is 0 Å². The molecule has 3 aromatic heterocycles. The number of para-hydroxylation sites is 1. The Morgan fingerprint density at radius 1 is 0.958 bits per heavy atom. The van der Waals surface area contributed by atoms with E-state index in [2.05, 4.69) is 25.6 Å². The van der Waals surface area contributed by atoms with Crippen molar-refractivity contribution in [2.24, 2.45) is 0 Å². The third kappa shape index (κ3) is 8.24. The summed E-state index contributed by atoms with van der Waals surface area (Å²) in [6.45, 7) is 1.66. The predicted molar refractivity (Wildman–Crippen MR) is 186 cm³/mol. The van der Waals surface area contributed by atoms with E-state index in [0.29, 0.717) is 39.2 Å². The molecule has 0 aliphatic carbocycles. The molecular weight excluding hydrogens is 655 g/mol. The monoisotopic (exact) mass is 684 g/mol. The first-order valence-electron chi connectivity index (χ1n) is 14.6. The molecule has 0 aliphatic rings. The number of hydrogen-bond donors (Lipinski definition) is 2. The number of nitrogens with one attached hydrogen (secondary N) is 2. The van der Waals surface area contributed by atoms with Gasteiger partial charge in [-0.2, -0.15) is 0 Å². The fourth-order valence-corrected chi connectivity index (χ4v) is 5.12. The Kier molecular flexibility index (Phi) is 10.8. The third-order valence-corrected chi connectivity index (χ3v) is 7.93. The largest absolute Gasteiger partial charge is 0.487 e. The van der Waals surface area contributed by atoms with E-state index in [9.17, 15) is 14.4 Å². The van der Waals surface area contributed by atoms with Crippen molar-refractivity contribution in [2.75, 3.05) is 30.9 Å². The second-order valence-electron chi connectivity index (χ2n) is 10.5. The van der Waals surface area contributed by atoms with Gasteiger partial charge in [0.2, 0.25) is 17.7 Å². The van der Waals surface area contributed by atoms with Gasteiger partial charge >= 0.3 is 0 Å². The van der Waals surface area contributed by atoms with Crippen LogP contribution in [0.1, 0.15) is 27.3 Å². The normalized spacial score (nSPS) is 10.9. The number of aromatic nitrogens is 3. The highest BCUT2D eigenvalue weighted by molar-refractivity contribution is 6.38. The Morgan fingerprint density at radius 3 is 2.52 bits per heavy atom. The lowest BCUT2D eigenvalue weighted by Crippen LogP contribution is -2.37. The van der Waals surface area contributed by atoms with Crippen molar-refractivity contribution in [1.29, 1.82) is 0 Å². The lowest BCUT2D eigenvalue weighted by Gasteiger charge is -2.21. The number of anilines is 2. The quantitative estimate of drug-likeness (QED) is 0.155. The number of aryl methyl sites for hydroxylation is 1. The summed E-state index contributed by atoms with van der Waals surface area (Å²) >= 11 is 13.2. The molecule has 0 bridgehead atoms. The molecule has 2 aromatic carbocycles. The van der Waals surface area contributed by atoms with Crippen LogP contribution >= 0.6 is 23.2 Å². The van der Waals surface area contributed by atoms with Crippen molar-refractivity contribution < 1.29 is 23.9 Å². The third-order valence-electron chi connectivity index (χ3n) is 7.16. The summed E-state index contributed by atoms with van der Waals surface area (Å²) in [6.07, 6.45) is 5.70. The van der Waals surface area contributed by atoms with Crippen molar-refractivity contribution in [1.82, 2.24) is 20.3 Å². The number of rotatable bonds is 11. The molecule has 3 amide bonds. The minimum absolute atomic E-state index is 0.0461. The standard InChI is InChI=1S/C35H30Cl2N6O5/c1-21-7-10-23-5-4-6-29(34(23)41-21)48-20-25-26(36)12-14-28(33(25)37)43(2)32(45)19-39-30(44)15-9-22-8-13-27(38-17-22)35(46)42-24-11-16-31(47-3)40-18-24/h4-18H,19-20H2,1-3H3,(H,39,44)(H,42,46). The van der Waals surface area contributed by atoms with Crippen LogP contribution in [0.2, 0.25) is 10.0 Å². The smallest absolute Gasteiger partial charge is 0.274 e. The van der Waals surface area contributed by atoms with Gasteiger partial charge in [-0.05, 0) is 55.0 Å². The first kappa shape index (κ1) is 33.8. The van der Waals surface area contributed by atoms with Gasteiger partial charge in [0.25, 0.3) is 5.91 Å². The summed E-state index contributed by atoms with van der Waals surface area (Å²) in [4.78, 5) is 52.1. The van der Waals surface area contributed by atoms with Gasteiger partial charge in [-0.1, -0.05) is 47.5 Å². The molecule has 0 radical (unpaired) electrons. The summed E-state index contributed by atoms with van der Waals surface area (Å²) < 4.78 is 11.1. The lowest BCUT2D eigenvalue weighted by molar-refractivity contribution is -0.122. The number of methoxy groups -OCH3 is 1. The average Bonchev–Trinajstić information content (AvgIpc) is 3.10. The first-order chi connectivity index (χ1) is 23.1. The molecule has 2 N–H and O–H groups in total. The van der Waals surface area contributed by atoms with Gasteiger partial charge in [0.1, 0.15) is 23.6 Å². The molecule has 3 heterocycles. The van der Waals surface area contributed by atoms with E-state index < -0.39 is 17.7 Å². The Morgan fingerprint density at radius 2 is 1.79 bits per heavy atom. The van der Waals surface area contributed by atoms with Crippen LogP contribution in [0.15, 0.2) is 85.2 Å². The minimum atomic E-state index is -0.499. The second-order valence-corrected chi connectivity index (χ2v) is 11.2. The fourth-order valence-electron chi connectivity index (χ4n) is 4.52. The van der Waals surface area contributed by atoms with Gasteiger partial charge in [0.15, 0.2) is 0 Å². The Hall–Kier alpha value is -5.52. The molecule has 0 unspecified atom stereocenters.